The number of phosphoric acid groups is 1. The van der Waals surface area contributed by atoms with Gasteiger partial charge in [-0.3, -0.25) is 37.3 Å². The van der Waals surface area contributed by atoms with E-state index in [9.17, 15) is 33.1 Å². The summed E-state index contributed by atoms with van der Waals surface area (Å²) in [5.41, 5.74) is 0. The van der Waals surface area contributed by atoms with E-state index >= 15 is 0 Å². The van der Waals surface area contributed by atoms with Gasteiger partial charge in [0.15, 0.2) is 0 Å². The Kier molecular flexibility index (Phi) is 29.1. The van der Waals surface area contributed by atoms with Crippen LogP contribution >= 0.6 is 15.4 Å². The SMILES string of the molecule is C=CCOP(=O)(CCC(COCCC(C)OC(C)=O)NC(C)=O)OCCNC(=O)NCCOP(=O)(OCC=C)OCC(COCCC(C)OC(C)=O)NC(C)=O. The van der Waals surface area contributed by atoms with Gasteiger partial charge in [-0.25, -0.2) is 9.36 Å². The second kappa shape index (κ2) is 30.9. The Hall–Kier alpha value is -3.19. The minimum Gasteiger partial charge on any atom is -0.463 e. The molecule has 0 radical (unpaired) electrons. The van der Waals surface area contributed by atoms with Gasteiger partial charge in [0.1, 0.15) is 12.2 Å². The van der Waals surface area contributed by atoms with Crippen molar-refractivity contribution in [3.05, 3.63) is 25.3 Å². The van der Waals surface area contributed by atoms with Crippen molar-refractivity contribution in [3.8, 4) is 0 Å². The standard InChI is InChI=1S/C34H62N4O16P2/c1-9-16-48-55(44,22-13-32(37-28(5)39)23-46-18-11-26(3)53-30(7)41)49-20-14-35-34(43)36-15-21-51-56(45,50-17-10-2)52-25-33(38-29(6)40)24-47-19-12-27(4)54-31(8)42/h9-10,26-27,32-33H,1-2,11-25H2,3-8H3,(H,37,39)(H,38,40)(H2,35,36,43). The third-order valence-corrected chi connectivity index (χ3v) is 10.1. The molecule has 0 aromatic heterocycles. The number of hydrogen-bond acceptors (Lipinski definition) is 16. The average Bonchev–Trinajstić information content (AvgIpc) is 3.10. The largest absolute Gasteiger partial charge is 0.475 e. The Bertz CT molecular complexity index is 1210. The van der Waals surface area contributed by atoms with Crippen molar-refractivity contribution in [3.63, 3.8) is 0 Å². The number of hydrogen-bond donors (Lipinski definition) is 4. The van der Waals surface area contributed by atoms with Crippen LogP contribution in [0.15, 0.2) is 25.3 Å². The first-order valence-electron chi connectivity index (χ1n) is 18.1. The fourth-order valence-corrected chi connectivity index (χ4v) is 7.21. The zero-order valence-electron chi connectivity index (χ0n) is 33.4. The van der Waals surface area contributed by atoms with Crippen LogP contribution in [0, 0.1) is 0 Å². The van der Waals surface area contributed by atoms with Crippen molar-refractivity contribution < 1.29 is 74.7 Å². The molecule has 4 N–H and O–H groups in total. The summed E-state index contributed by atoms with van der Waals surface area (Å²) in [6.07, 6.45) is 3.01. The summed E-state index contributed by atoms with van der Waals surface area (Å²) in [6, 6.07) is -1.88. The highest BCUT2D eigenvalue weighted by molar-refractivity contribution is 7.53. The molecule has 0 bridgehead atoms. The van der Waals surface area contributed by atoms with Crippen LogP contribution in [0.3, 0.4) is 0 Å². The average molecular weight is 845 g/mol. The summed E-state index contributed by atoms with van der Waals surface area (Å²) in [6.45, 7) is 15.2. The highest BCUT2D eigenvalue weighted by atomic mass is 31.2. The first-order valence-corrected chi connectivity index (χ1v) is 21.3. The number of phosphoric ester groups is 1. The quantitative estimate of drug-likeness (QED) is 0.0314. The predicted octanol–water partition coefficient (Wildman–Crippen LogP) is 3.16. The van der Waals surface area contributed by atoms with Crippen LogP contribution < -0.4 is 21.3 Å². The number of amides is 4. The highest BCUT2D eigenvalue weighted by Gasteiger charge is 2.29. The number of carbonyl (C=O) groups excluding carboxylic acids is 5. The number of carbonyl (C=O) groups is 5. The van der Waals surface area contributed by atoms with Gasteiger partial charge in [0.25, 0.3) is 0 Å². The molecule has 324 valence electrons. The lowest BCUT2D eigenvalue weighted by Crippen LogP contribution is -2.40. The van der Waals surface area contributed by atoms with E-state index in [4.69, 9.17) is 41.6 Å². The van der Waals surface area contributed by atoms with Crippen LogP contribution in [0.25, 0.3) is 0 Å². The maximum atomic E-state index is 13.4. The van der Waals surface area contributed by atoms with Gasteiger partial charge < -0.3 is 49.3 Å². The summed E-state index contributed by atoms with van der Waals surface area (Å²) >= 11 is 0. The fourth-order valence-electron chi connectivity index (χ4n) is 4.36. The van der Waals surface area contributed by atoms with Crippen LogP contribution in [-0.4, -0.2) is 133 Å². The van der Waals surface area contributed by atoms with Gasteiger partial charge in [-0.05, 0) is 20.3 Å². The summed E-state index contributed by atoms with van der Waals surface area (Å²) < 4.78 is 75.0. The molecule has 6 atom stereocenters. The van der Waals surface area contributed by atoms with Crippen molar-refractivity contribution in [2.45, 2.75) is 85.1 Å². The molecule has 0 aliphatic rings. The lowest BCUT2D eigenvalue weighted by molar-refractivity contribution is -0.147. The Labute approximate surface area is 329 Å². The van der Waals surface area contributed by atoms with Gasteiger partial charge >= 0.3 is 33.4 Å². The first kappa shape index (κ1) is 52.8. The van der Waals surface area contributed by atoms with Crippen LogP contribution in [0.4, 0.5) is 4.79 Å². The van der Waals surface area contributed by atoms with Crippen molar-refractivity contribution in [1.29, 1.82) is 0 Å². The first-order chi connectivity index (χ1) is 26.4. The Morgan fingerprint density at radius 2 is 1.09 bits per heavy atom. The molecule has 6 unspecified atom stereocenters. The van der Waals surface area contributed by atoms with Crippen LogP contribution in [0.5, 0.6) is 0 Å². The lowest BCUT2D eigenvalue weighted by atomic mass is 10.2. The third-order valence-electron chi connectivity index (χ3n) is 6.76. The molecule has 4 amide bonds. The van der Waals surface area contributed by atoms with Gasteiger partial charge in [-0.1, -0.05) is 12.2 Å². The van der Waals surface area contributed by atoms with E-state index in [1.807, 2.05) is 0 Å². The Morgan fingerprint density at radius 3 is 1.59 bits per heavy atom. The number of esters is 2. The summed E-state index contributed by atoms with van der Waals surface area (Å²) in [7, 11) is -7.88. The Balaban J connectivity index is 4.89. The monoisotopic (exact) mass is 844 g/mol. The van der Waals surface area contributed by atoms with Gasteiger partial charge in [-0.2, -0.15) is 0 Å². The summed E-state index contributed by atoms with van der Waals surface area (Å²) in [5, 5.41) is 10.4. The molecule has 0 aromatic rings. The maximum absolute atomic E-state index is 13.4. The molecule has 0 saturated heterocycles. The van der Waals surface area contributed by atoms with Crippen molar-refractivity contribution in [2.75, 3.05) is 78.7 Å². The smallest absolute Gasteiger partial charge is 0.463 e. The normalized spacial score (nSPS) is 15.4. The van der Waals surface area contributed by atoms with Crippen LogP contribution in [-0.2, 0) is 69.9 Å². The molecule has 0 aromatic carbocycles. The Morgan fingerprint density at radius 1 is 0.607 bits per heavy atom. The predicted molar refractivity (Wildman–Crippen MR) is 205 cm³/mol. The minimum atomic E-state index is -4.18. The number of rotatable bonds is 34. The number of ether oxygens (including phenoxy) is 4. The van der Waals surface area contributed by atoms with E-state index in [-0.39, 0.29) is 109 Å². The zero-order valence-corrected chi connectivity index (χ0v) is 35.2. The second-order valence-electron chi connectivity index (χ2n) is 12.2. The van der Waals surface area contributed by atoms with Gasteiger partial charge in [0.05, 0.1) is 77.7 Å². The van der Waals surface area contributed by atoms with Crippen LogP contribution in [0.2, 0.25) is 0 Å². The molecule has 0 heterocycles. The number of urea groups is 1. The van der Waals surface area contributed by atoms with Gasteiger partial charge in [0.2, 0.25) is 11.8 Å². The van der Waals surface area contributed by atoms with Crippen LogP contribution in [0.1, 0.15) is 60.8 Å². The number of nitrogens with one attached hydrogen (secondary N) is 4. The third kappa shape index (κ3) is 30.0. The highest BCUT2D eigenvalue weighted by Crippen LogP contribution is 2.50. The minimum absolute atomic E-state index is 0.0115. The molecule has 0 fully saturated rings. The van der Waals surface area contributed by atoms with E-state index < -0.39 is 45.5 Å². The zero-order chi connectivity index (χ0) is 42.4. The molecule has 56 heavy (non-hydrogen) atoms. The second-order valence-corrected chi connectivity index (χ2v) is 16.1. The fraction of sp³-hybridized carbons (Fsp3) is 0.735. The maximum Gasteiger partial charge on any atom is 0.475 e. The molecular weight excluding hydrogens is 782 g/mol. The van der Waals surface area contributed by atoms with E-state index in [1.165, 1.54) is 39.8 Å². The van der Waals surface area contributed by atoms with E-state index in [1.54, 1.807) is 13.8 Å². The van der Waals surface area contributed by atoms with Crippen molar-refractivity contribution >= 4 is 45.2 Å². The summed E-state index contributed by atoms with van der Waals surface area (Å²) in [4.78, 5) is 58.0. The van der Waals surface area contributed by atoms with Gasteiger partial charge in [0, 0.05) is 53.6 Å². The molecule has 20 nitrogen and oxygen atoms in total. The van der Waals surface area contributed by atoms with E-state index in [2.05, 4.69) is 34.4 Å². The molecular formula is C34H62N4O16P2. The molecule has 0 aliphatic heterocycles. The lowest BCUT2D eigenvalue weighted by Gasteiger charge is -2.23. The van der Waals surface area contributed by atoms with E-state index in [0.29, 0.717) is 12.8 Å². The molecule has 0 aliphatic carbocycles. The van der Waals surface area contributed by atoms with Gasteiger partial charge in [-0.15, -0.1) is 13.2 Å². The summed E-state index contributed by atoms with van der Waals surface area (Å²) in [5.74, 6) is -1.51. The molecule has 0 spiro atoms. The van der Waals surface area contributed by atoms with Crippen molar-refractivity contribution in [1.82, 2.24) is 21.3 Å². The molecule has 22 heteroatoms. The van der Waals surface area contributed by atoms with E-state index in [0.717, 1.165) is 0 Å². The molecule has 0 rings (SSSR count). The molecule has 0 saturated carbocycles. The van der Waals surface area contributed by atoms with Crippen molar-refractivity contribution in [2.24, 2.45) is 0 Å². The topological polar surface area (TPSA) is 251 Å².